The highest BCUT2D eigenvalue weighted by atomic mass is 16.5. The van der Waals surface area contributed by atoms with Gasteiger partial charge in [0, 0.05) is 20.3 Å². The van der Waals surface area contributed by atoms with Crippen molar-refractivity contribution >= 4 is 0 Å². The Labute approximate surface area is 112 Å². The van der Waals surface area contributed by atoms with E-state index >= 15 is 0 Å². The molecule has 2 nitrogen and oxygen atoms in total. The highest BCUT2D eigenvalue weighted by molar-refractivity contribution is 5.24. The van der Waals surface area contributed by atoms with E-state index in [1.54, 1.807) is 7.11 Å². The van der Waals surface area contributed by atoms with Crippen LogP contribution in [0, 0.1) is 12.8 Å². The number of nitrogens with one attached hydrogen (secondary N) is 1. The smallest absolute Gasteiger partial charge is 0.0468 e. The lowest BCUT2D eigenvalue weighted by molar-refractivity contribution is 0.187. The van der Waals surface area contributed by atoms with E-state index in [4.69, 9.17) is 4.74 Å². The molecule has 1 aromatic carbocycles. The van der Waals surface area contributed by atoms with Gasteiger partial charge in [0.05, 0.1) is 0 Å². The summed E-state index contributed by atoms with van der Waals surface area (Å²) in [6, 6.07) is 8.87. The number of hydrogen-bond acceptors (Lipinski definition) is 2. The number of benzene rings is 1. The fourth-order valence-corrected chi connectivity index (χ4v) is 2.03. The van der Waals surface area contributed by atoms with Crippen LogP contribution in [0.4, 0.5) is 0 Å². The van der Waals surface area contributed by atoms with Crippen molar-refractivity contribution in [1.29, 1.82) is 0 Å². The summed E-state index contributed by atoms with van der Waals surface area (Å²) in [7, 11) is 1.77. The normalized spacial score (nSPS) is 12.9. The summed E-state index contributed by atoms with van der Waals surface area (Å²) >= 11 is 0. The van der Waals surface area contributed by atoms with Crippen molar-refractivity contribution in [2.24, 2.45) is 5.92 Å². The van der Waals surface area contributed by atoms with Crippen LogP contribution in [0.3, 0.4) is 0 Å². The molecule has 0 aromatic heterocycles. The van der Waals surface area contributed by atoms with Gasteiger partial charge in [-0.1, -0.05) is 43.7 Å². The quantitative estimate of drug-likeness (QED) is 0.763. The van der Waals surface area contributed by atoms with E-state index in [0.717, 1.165) is 26.1 Å². The first-order chi connectivity index (χ1) is 8.63. The molecular weight excluding hydrogens is 222 g/mol. The molecule has 1 aromatic rings. The highest BCUT2D eigenvalue weighted by Gasteiger charge is 2.11. The number of methoxy groups -OCH3 is 1. The Kier molecular flexibility index (Phi) is 6.99. The molecule has 1 unspecified atom stereocenters. The van der Waals surface area contributed by atoms with Gasteiger partial charge in [0.15, 0.2) is 0 Å². The molecule has 0 amide bonds. The largest absolute Gasteiger partial charge is 0.385 e. The van der Waals surface area contributed by atoms with E-state index in [9.17, 15) is 0 Å². The van der Waals surface area contributed by atoms with Crippen molar-refractivity contribution < 1.29 is 4.74 Å². The van der Waals surface area contributed by atoms with Gasteiger partial charge in [-0.05, 0) is 37.3 Å². The molecule has 0 saturated heterocycles. The van der Waals surface area contributed by atoms with E-state index in [1.165, 1.54) is 11.1 Å². The average Bonchev–Trinajstić information content (AvgIpc) is 2.34. The predicted molar refractivity (Wildman–Crippen MR) is 78.1 cm³/mol. The summed E-state index contributed by atoms with van der Waals surface area (Å²) in [6.07, 6.45) is 1.07. The molecule has 0 heterocycles. The Morgan fingerprint density at radius 3 is 2.33 bits per heavy atom. The summed E-state index contributed by atoms with van der Waals surface area (Å²) < 4.78 is 5.22. The van der Waals surface area contributed by atoms with E-state index in [2.05, 4.69) is 50.4 Å². The van der Waals surface area contributed by atoms with Crippen molar-refractivity contribution in [3.8, 4) is 0 Å². The van der Waals surface area contributed by atoms with Gasteiger partial charge in [0.2, 0.25) is 0 Å². The van der Waals surface area contributed by atoms with E-state index < -0.39 is 0 Å². The lowest BCUT2D eigenvalue weighted by atomic mass is 9.95. The second-order valence-corrected chi connectivity index (χ2v) is 5.44. The van der Waals surface area contributed by atoms with Crippen LogP contribution in [0.25, 0.3) is 0 Å². The lowest BCUT2D eigenvalue weighted by Gasteiger charge is -2.19. The maximum atomic E-state index is 5.22. The molecule has 0 aliphatic carbocycles. The van der Waals surface area contributed by atoms with Gasteiger partial charge in [-0.2, -0.15) is 0 Å². The van der Waals surface area contributed by atoms with Crippen LogP contribution in [0.15, 0.2) is 24.3 Å². The van der Waals surface area contributed by atoms with Gasteiger partial charge in [0.25, 0.3) is 0 Å². The number of ether oxygens (including phenoxy) is 1. The standard InChI is InChI=1S/C16H27NO/c1-13(2)11-17-12-16(9-10-18-4)15-7-5-14(3)6-8-15/h5-8,13,16-17H,9-12H2,1-4H3. The molecular formula is C16H27NO. The maximum Gasteiger partial charge on any atom is 0.0468 e. The molecule has 1 atom stereocenters. The SMILES string of the molecule is COCCC(CNCC(C)C)c1ccc(C)cc1. The Morgan fingerprint density at radius 1 is 1.11 bits per heavy atom. The fraction of sp³-hybridized carbons (Fsp3) is 0.625. The summed E-state index contributed by atoms with van der Waals surface area (Å²) in [5, 5.41) is 3.55. The summed E-state index contributed by atoms with van der Waals surface area (Å²) in [6.45, 7) is 9.54. The Balaban J connectivity index is 2.56. The fourth-order valence-electron chi connectivity index (χ4n) is 2.03. The molecule has 0 bridgehead atoms. The monoisotopic (exact) mass is 249 g/mol. The van der Waals surface area contributed by atoms with Crippen LogP contribution in [-0.4, -0.2) is 26.8 Å². The van der Waals surface area contributed by atoms with Gasteiger partial charge < -0.3 is 10.1 Å². The molecule has 1 N–H and O–H groups in total. The van der Waals surface area contributed by atoms with Crippen LogP contribution >= 0.6 is 0 Å². The minimum Gasteiger partial charge on any atom is -0.385 e. The van der Waals surface area contributed by atoms with Crippen LogP contribution < -0.4 is 5.32 Å². The maximum absolute atomic E-state index is 5.22. The molecule has 2 heteroatoms. The zero-order chi connectivity index (χ0) is 13.4. The summed E-state index contributed by atoms with van der Waals surface area (Å²) in [5.41, 5.74) is 2.73. The average molecular weight is 249 g/mol. The Bertz CT molecular complexity index is 318. The van der Waals surface area contributed by atoms with Gasteiger partial charge in [-0.15, -0.1) is 0 Å². The first-order valence-electron chi connectivity index (χ1n) is 6.89. The van der Waals surface area contributed by atoms with Gasteiger partial charge in [0.1, 0.15) is 0 Å². The molecule has 1 rings (SSSR count). The van der Waals surface area contributed by atoms with E-state index in [1.807, 2.05) is 0 Å². The minimum absolute atomic E-state index is 0.546. The predicted octanol–water partition coefficient (Wildman–Crippen LogP) is 3.36. The zero-order valence-electron chi connectivity index (χ0n) is 12.2. The third kappa shape index (κ3) is 5.65. The molecule has 18 heavy (non-hydrogen) atoms. The molecule has 0 radical (unpaired) electrons. The van der Waals surface area contributed by atoms with Gasteiger partial charge in [-0.25, -0.2) is 0 Å². The van der Waals surface area contributed by atoms with Crippen molar-refractivity contribution in [3.63, 3.8) is 0 Å². The second kappa shape index (κ2) is 8.28. The second-order valence-electron chi connectivity index (χ2n) is 5.44. The Hall–Kier alpha value is -0.860. The molecule has 0 spiro atoms. The summed E-state index contributed by atoms with van der Waals surface area (Å²) in [4.78, 5) is 0. The number of aryl methyl sites for hydroxylation is 1. The van der Waals surface area contributed by atoms with Gasteiger partial charge >= 0.3 is 0 Å². The number of rotatable bonds is 8. The Morgan fingerprint density at radius 2 is 1.78 bits per heavy atom. The number of hydrogen-bond donors (Lipinski definition) is 1. The minimum atomic E-state index is 0.546. The lowest BCUT2D eigenvalue weighted by Crippen LogP contribution is -2.26. The first kappa shape index (κ1) is 15.2. The third-order valence-electron chi connectivity index (χ3n) is 3.16. The van der Waals surface area contributed by atoms with Crippen molar-refractivity contribution in [1.82, 2.24) is 5.32 Å². The zero-order valence-corrected chi connectivity index (χ0v) is 12.2. The van der Waals surface area contributed by atoms with Crippen LogP contribution in [0.2, 0.25) is 0 Å². The molecule has 0 fully saturated rings. The van der Waals surface area contributed by atoms with Crippen LogP contribution in [-0.2, 0) is 4.74 Å². The highest BCUT2D eigenvalue weighted by Crippen LogP contribution is 2.19. The molecule has 0 aliphatic rings. The molecule has 0 saturated carbocycles. The topological polar surface area (TPSA) is 21.3 Å². The van der Waals surface area contributed by atoms with Crippen LogP contribution in [0.1, 0.15) is 37.3 Å². The van der Waals surface area contributed by atoms with Crippen molar-refractivity contribution in [2.45, 2.75) is 33.1 Å². The van der Waals surface area contributed by atoms with Crippen molar-refractivity contribution in [2.75, 3.05) is 26.8 Å². The first-order valence-corrected chi connectivity index (χ1v) is 6.89. The molecule has 102 valence electrons. The third-order valence-corrected chi connectivity index (χ3v) is 3.16. The van der Waals surface area contributed by atoms with Crippen LogP contribution in [0.5, 0.6) is 0 Å². The van der Waals surface area contributed by atoms with Crippen molar-refractivity contribution in [3.05, 3.63) is 35.4 Å². The molecule has 0 aliphatic heterocycles. The van der Waals surface area contributed by atoms with E-state index in [0.29, 0.717) is 11.8 Å². The summed E-state index contributed by atoms with van der Waals surface area (Å²) in [5.74, 6) is 1.25. The van der Waals surface area contributed by atoms with E-state index in [-0.39, 0.29) is 0 Å². The van der Waals surface area contributed by atoms with Gasteiger partial charge in [-0.3, -0.25) is 0 Å².